The number of carbonyl (C=O) groups excluding carboxylic acids is 2. The van der Waals surface area contributed by atoms with Crippen LogP contribution in [0, 0.1) is 0 Å². The molecule has 6 nitrogen and oxygen atoms in total. The second kappa shape index (κ2) is 6.49. The van der Waals surface area contributed by atoms with Crippen molar-refractivity contribution in [1.82, 2.24) is 5.32 Å². The van der Waals surface area contributed by atoms with E-state index >= 15 is 0 Å². The number of carbonyl (C=O) groups is 2. The molecule has 0 spiro atoms. The Morgan fingerprint density at radius 3 is 2.53 bits per heavy atom. The van der Waals surface area contributed by atoms with Crippen LogP contribution in [0.25, 0.3) is 0 Å². The van der Waals surface area contributed by atoms with Crippen molar-refractivity contribution in [3.8, 4) is 0 Å². The normalized spacial score (nSPS) is 11.6. The van der Waals surface area contributed by atoms with Gasteiger partial charge in [-0.3, -0.25) is 4.79 Å². The highest BCUT2D eigenvalue weighted by Crippen LogP contribution is 2.00. The summed E-state index contributed by atoms with van der Waals surface area (Å²) >= 11 is 0. The van der Waals surface area contributed by atoms with E-state index in [1.165, 1.54) is 0 Å². The van der Waals surface area contributed by atoms with Crippen molar-refractivity contribution in [2.24, 2.45) is 11.5 Å². The standard InChI is InChI=1S/C11H15N3O3/c12-9(10(13)15)6-14-11(16)17-7-8-4-2-1-3-5-8/h1-5,9H,6-7,12H2,(H2,13,15)(H,14,16)/t9-/m0/s1. The van der Waals surface area contributed by atoms with Crippen molar-refractivity contribution in [1.29, 1.82) is 0 Å². The molecule has 1 atom stereocenters. The van der Waals surface area contributed by atoms with Gasteiger partial charge in [-0.15, -0.1) is 0 Å². The highest BCUT2D eigenvalue weighted by molar-refractivity contribution is 5.80. The minimum Gasteiger partial charge on any atom is -0.445 e. The number of amides is 2. The van der Waals surface area contributed by atoms with Gasteiger partial charge in [0.25, 0.3) is 0 Å². The Morgan fingerprint density at radius 1 is 1.29 bits per heavy atom. The lowest BCUT2D eigenvalue weighted by atomic mass is 10.2. The molecule has 0 bridgehead atoms. The number of nitrogens with two attached hydrogens (primary N) is 2. The van der Waals surface area contributed by atoms with Crippen LogP contribution in [0.3, 0.4) is 0 Å². The van der Waals surface area contributed by atoms with E-state index in [2.05, 4.69) is 5.32 Å². The molecule has 6 heteroatoms. The van der Waals surface area contributed by atoms with E-state index in [-0.39, 0.29) is 13.2 Å². The van der Waals surface area contributed by atoms with Gasteiger partial charge in [0.2, 0.25) is 5.91 Å². The molecule has 1 aromatic carbocycles. The molecule has 0 unspecified atom stereocenters. The summed E-state index contributed by atoms with van der Waals surface area (Å²) in [5.74, 6) is -0.673. The van der Waals surface area contributed by atoms with Gasteiger partial charge in [0, 0.05) is 6.54 Å². The van der Waals surface area contributed by atoms with E-state index in [9.17, 15) is 9.59 Å². The van der Waals surface area contributed by atoms with Crippen molar-refractivity contribution < 1.29 is 14.3 Å². The maximum atomic E-state index is 11.2. The lowest BCUT2D eigenvalue weighted by Gasteiger charge is -2.09. The summed E-state index contributed by atoms with van der Waals surface area (Å²) in [6, 6.07) is 8.33. The molecule has 1 aromatic rings. The van der Waals surface area contributed by atoms with Gasteiger partial charge in [0.1, 0.15) is 12.6 Å². The third-order valence-electron chi connectivity index (χ3n) is 2.04. The fourth-order valence-electron chi connectivity index (χ4n) is 1.07. The van der Waals surface area contributed by atoms with E-state index in [0.717, 1.165) is 5.56 Å². The van der Waals surface area contributed by atoms with Gasteiger partial charge in [0.15, 0.2) is 0 Å². The van der Waals surface area contributed by atoms with Crippen molar-refractivity contribution in [2.75, 3.05) is 6.54 Å². The van der Waals surface area contributed by atoms with Crippen LogP contribution >= 0.6 is 0 Å². The average molecular weight is 237 g/mol. The minimum absolute atomic E-state index is 0.0387. The van der Waals surface area contributed by atoms with Gasteiger partial charge in [-0.25, -0.2) is 4.79 Å². The third-order valence-corrected chi connectivity index (χ3v) is 2.04. The monoisotopic (exact) mass is 237 g/mol. The molecule has 5 N–H and O–H groups in total. The van der Waals surface area contributed by atoms with Crippen LogP contribution < -0.4 is 16.8 Å². The Bertz CT molecular complexity index is 381. The van der Waals surface area contributed by atoms with E-state index in [4.69, 9.17) is 16.2 Å². The molecule has 0 heterocycles. The second-order valence-electron chi connectivity index (χ2n) is 3.45. The van der Waals surface area contributed by atoms with Gasteiger partial charge in [-0.1, -0.05) is 30.3 Å². The first-order valence-electron chi connectivity index (χ1n) is 5.09. The molecular weight excluding hydrogens is 222 g/mol. The third kappa shape index (κ3) is 4.98. The molecule has 0 radical (unpaired) electrons. The quantitative estimate of drug-likeness (QED) is 0.654. The van der Waals surface area contributed by atoms with Crippen molar-refractivity contribution in [3.05, 3.63) is 35.9 Å². The van der Waals surface area contributed by atoms with E-state index in [0.29, 0.717) is 0 Å². The molecular formula is C11H15N3O3. The number of hydrogen-bond acceptors (Lipinski definition) is 4. The molecule has 0 aliphatic rings. The van der Waals surface area contributed by atoms with Gasteiger partial charge in [0.05, 0.1) is 0 Å². The molecule has 0 aliphatic heterocycles. The summed E-state index contributed by atoms with van der Waals surface area (Å²) in [7, 11) is 0. The maximum Gasteiger partial charge on any atom is 0.407 e. The van der Waals surface area contributed by atoms with Crippen LogP contribution in [-0.2, 0) is 16.1 Å². The summed E-state index contributed by atoms with van der Waals surface area (Å²) in [6.45, 7) is 0.126. The predicted molar refractivity (Wildman–Crippen MR) is 61.8 cm³/mol. The lowest BCUT2D eigenvalue weighted by molar-refractivity contribution is -0.119. The largest absolute Gasteiger partial charge is 0.445 e. The Labute approximate surface area is 98.9 Å². The number of benzene rings is 1. The molecule has 0 saturated carbocycles. The fraction of sp³-hybridized carbons (Fsp3) is 0.273. The van der Waals surface area contributed by atoms with E-state index < -0.39 is 18.0 Å². The summed E-state index contributed by atoms with van der Waals surface area (Å²) in [6.07, 6.45) is -0.634. The number of nitrogens with one attached hydrogen (secondary N) is 1. The van der Waals surface area contributed by atoms with Crippen LogP contribution in [0.4, 0.5) is 4.79 Å². The zero-order chi connectivity index (χ0) is 12.7. The number of primary amides is 1. The highest BCUT2D eigenvalue weighted by atomic mass is 16.5. The first-order valence-corrected chi connectivity index (χ1v) is 5.09. The molecule has 0 aromatic heterocycles. The summed E-state index contributed by atoms with van der Waals surface area (Å²) in [5, 5.41) is 2.35. The topological polar surface area (TPSA) is 107 Å². The Balaban J connectivity index is 2.24. The van der Waals surface area contributed by atoms with Crippen LogP contribution in [-0.4, -0.2) is 24.6 Å². The molecule has 0 aliphatic carbocycles. The fourth-order valence-corrected chi connectivity index (χ4v) is 1.07. The zero-order valence-corrected chi connectivity index (χ0v) is 9.26. The van der Waals surface area contributed by atoms with Gasteiger partial charge in [-0.2, -0.15) is 0 Å². The van der Waals surface area contributed by atoms with Crippen molar-refractivity contribution in [2.45, 2.75) is 12.6 Å². The Hall–Kier alpha value is -2.08. The van der Waals surface area contributed by atoms with E-state index in [1.807, 2.05) is 30.3 Å². The van der Waals surface area contributed by atoms with Crippen LogP contribution in [0.1, 0.15) is 5.56 Å². The van der Waals surface area contributed by atoms with Gasteiger partial charge < -0.3 is 21.5 Å². The second-order valence-corrected chi connectivity index (χ2v) is 3.45. The van der Waals surface area contributed by atoms with Crippen LogP contribution in [0.15, 0.2) is 30.3 Å². The molecule has 1 rings (SSSR count). The first-order chi connectivity index (χ1) is 8.09. The Morgan fingerprint density at radius 2 is 1.94 bits per heavy atom. The predicted octanol–water partition coefficient (Wildman–Crippen LogP) is -0.275. The summed E-state index contributed by atoms with van der Waals surface area (Å²) < 4.78 is 4.90. The number of hydrogen-bond donors (Lipinski definition) is 3. The van der Waals surface area contributed by atoms with Crippen LogP contribution in [0.2, 0.25) is 0 Å². The SMILES string of the molecule is NC(=O)[C@@H](N)CNC(=O)OCc1ccccc1. The maximum absolute atomic E-state index is 11.2. The van der Waals surface area contributed by atoms with Crippen molar-refractivity contribution >= 4 is 12.0 Å². The average Bonchev–Trinajstić information content (AvgIpc) is 2.34. The van der Waals surface area contributed by atoms with Crippen molar-refractivity contribution in [3.63, 3.8) is 0 Å². The summed E-state index contributed by atoms with van der Waals surface area (Å²) in [5.41, 5.74) is 11.1. The number of ether oxygens (including phenoxy) is 1. The summed E-state index contributed by atoms with van der Waals surface area (Å²) in [4.78, 5) is 21.8. The molecule has 0 fully saturated rings. The Kier molecular flexibility index (Phi) is 4.96. The number of alkyl carbamates (subject to hydrolysis) is 1. The molecule has 2 amide bonds. The van der Waals surface area contributed by atoms with E-state index in [1.54, 1.807) is 0 Å². The minimum atomic E-state index is -0.903. The lowest BCUT2D eigenvalue weighted by Crippen LogP contribution is -2.45. The van der Waals surface area contributed by atoms with Gasteiger partial charge >= 0.3 is 6.09 Å². The zero-order valence-electron chi connectivity index (χ0n) is 9.26. The number of rotatable bonds is 5. The van der Waals surface area contributed by atoms with Crippen LogP contribution in [0.5, 0.6) is 0 Å². The molecule has 92 valence electrons. The smallest absolute Gasteiger partial charge is 0.407 e. The highest BCUT2D eigenvalue weighted by Gasteiger charge is 2.11. The molecule has 17 heavy (non-hydrogen) atoms. The first kappa shape index (κ1) is 13.0. The molecule has 0 saturated heterocycles. The van der Waals surface area contributed by atoms with Gasteiger partial charge in [-0.05, 0) is 5.56 Å².